The molecule has 0 radical (unpaired) electrons. The van der Waals surface area contributed by atoms with Crippen LogP contribution in [0.5, 0.6) is 5.88 Å². The highest BCUT2D eigenvalue weighted by Crippen LogP contribution is 2.23. The lowest BCUT2D eigenvalue weighted by Crippen LogP contribution is -2.31. The van der Waals surface area contributed by atoms with E-state index in [1.165, 1.54) is 7.11 Å². The van der Waals surface area contributed by atoms with Gasteiger partial charge in [-0.1, -0.05) is 6.07 Å². The summed E-state index contributed by atoms with van der Waals surface area (Å²) < 4.78 is 9.91. The van der Waals surface area contributed by atoms with Gasteiger partial charge >= 0.3 is 5.97 Å². The molecule has 0 amide bonds. The third-order valence-electron chi connectivity index (χ3n) is 2.50. The first kappa shape index (κ1) is 14.0. The van der Waals surface area contributed by atoms with Gasteiger partial charge in [0.15, 0.2) is 5.41 Å². The highest BCUT2D eigenvalue weighted by atomic mass is 16.5. The summed E-state index contributed by atoms with van der Waals surface area (Å²) in [4.78, 5) is 15.9. The van der Waals surface area contributed by atoms with Crippen molar-refractivity contribution >= 4 is 5.97 Å². The normalized spacial score (nSPS) is 13.2. The van der Waals surface area contributed by atoms with Crippen molar-refractivity contribution in [2.45, 2.75) is 20.3 Å². The van der Waals surface area contributed by atoms with Crippen molar-refractivity contribution in [2.75, 3.05) is 13.7 Å². The van der Waals surface area contributed by atoms with E-state index >= 15 is 0 Å². The lowest BCUT2D eigenvalue weighted by atomic mass is 9.87. The summed E-state index contributed by atoms with van der Waals surface area (Å²) >= 11 is 0. The monoisotopic (exact) mass is 248 g/mol. The summed E-state index contributed by atoms with van der Waals surface area (Å²) in [5.41, 5.74) is -0.610. The van der Waals surface area contributed by atoms with Crippen molar-refractivity contribution in [1.29, 1.82) is 5.26 Å². The van der Waals surface area contributed by atoms with E-state index in [2.05, 4.69) is 4.98 Å². The van der Waals surface area contributed by atoms with Crippen molar-refractivity contribution in [2.24, 2.45) is 5.41 Å². The Labute approximate surface area is 106 Å². The Hall–Kier alpha value is -2.09. The molecule has 96 valence electrons. The zero-order chi connectivity index (χ0) is 13.6. The second-order valence-corrected chi connectivity index (χ2v) is 4.01. The van der Waals surface area contributed by atoms with Gasteiger partial charge in [-0.3, -0.25) is 4.79 Å². The Morgan fingerprint density at radius 1 is 1.56 bits per heavy atom. The highest BCUT2D eigenvalue weighted by molar-refractivity contribution is 5.79. The molecular weight excluding hydrogens is 232 g/mol. The Balaban J connectivity index is 2.91. The van der Waals surface area contributed by atoms with Gasteiger partial charge in [0.1, 0.15) is 0 Å². The fourth-order valence-corrected chi connectivity index (χ4v) is 1.48. The zero-order valence-electron chi connectivity index (χ0n) is 10.8. The fourth-order valence-electron chi connectivity index (χ4n) is 1.48. The third-order valence-corrected chi connectivity index (χ3v) is 2.50. The van der Waals surface area contributed by atoms with E-state index in [1.54, 1.807) is 32.0 Å². The number of nitriles is 1. The largest absolute Gasteiger partial charge is 0.481 e. The maximum atomic E-state index is 11.8. The standard InChI is InChI=1S/C13H16N2O3/c1-4-18-12(16)13(2,9-14)8-10-6-5-7-11(15-10)17-3/h5-7H,4,8H2,1-3H3. The molecule has 5 nitrogen and oxygen atoms in total. The molecule has 0 aliphatic heterocycles. The molecule has 18 heavy (non-hydrogen) atoms. The Morgan fingerprint density at radius 3 is 2.83 bits per heavy atom. The zero-order valence-corrected chi connectivity index (χ0v) is 10.8. The van der Waals surface area contributed by atoms with Crippen LogP contribution in [0.15, 0.2) is 18.2 Å². The summed E-state index contributed by atoms with van der Waals surface area (Å²) in [6.07, 6.45) is 0.194. The number of carbonyl (C=O) groups excluding carboxylic acids is 1. The molecule has 5 heteroatoms. The first-order chi connectivity index (χ1) is 8.55. The summed E-state index contributed by atoms with van der Waals surface area (Å²) in [6, 6.07) is 7.21. The van der Waals surface area contributed by atoms with Crippen LogP contribution < -0.4 is 4.74 Å². The number of ether oxygens (including phenoxy) is 2. The number of rotatable bonds is 5. The molecule has 0 saturated carbocycles. The number of hydrogen-bond donors (Lipinski definition) is 0. The minimum atomic E-state index is -1.23. The SMILES string of the molecule is CCOC(=O)C(C)(C#N)Cc1cccc(OC)n1. The second-order valence-electron chi connectivity index (χ2n) is 4.01. The van der Waals surface area contributed by atoms with Crippen LogP contribution in [0.3, 0.4) is 0 Å². The van der Waals surface area contributed by atoms with Gasteiger partial charge in [0.05, 0.1) is 19.8 Å². The number of pyridine rings is 1. The summed E-state index contributed by atoms with van der Waals surface area (Å²) in [7, 11) is 1.51. The van der Waals surface area contributed by atoms with Gasteiger partial charge in [0.25, 0.3) is 0 Å². The van der Waals surface area contributed by atoms with Crippen molar-refractivity contribution in [3.63, 3.8) is 0 Å². The number of esters is 1. The molecule has 0 N–H and O–H groups in total. The van der Waals surface area contributed by atoms with Crippen LogP contribution in [0.2, 0.25) is 0 Å². The Kier molecular flexibility index (Phi) is 4.67. The number of hydrogen-bond acceptors (Lipinski definition) is 5. The summed E-state index contributed by atoms with van der Waals surface area (Å²) in [5.74, 6) is -0.0752. The first-order valence-corrected chi connectivity index (χ1v) is 5.64. The van der Waals surface area contributed by atoms with Gasteiger partial charge in [0.2, 0.25) is 5.88 Å². The van der Waals surface area contributed by atoms with Crippen LogP contribution >= 0.6 is 0 Å². The molecule has 1 unspecified atom stereocenters. The lowest BCUT2D eigenvalue weighted by molar-refractivity contribution is -0.151. The fraction of sp³-hybridized carbons (Fsp3) is 0.462. The van der Waals surface area contributed by atoms with E-state index in [4.69, 9.17) is 14.7 Å². The van der Waals surface area contributed by atoms with E-state index < -0.39 is 11.4 Å². The van der Waals surface area contributed by atoms with E-state index in [1.807, 2.05) is 6.07 Å². The van der Waals surface area contributed by atoms with Gasteiger partial charge in [-0.25, -0.2) is 4.98 Å². The number of methoxy groups -OCH3 is 1. The topological polar surface area (TPSA) is 72.2 Å². The molecule has 1 heterocycles. The van der Waals surface area contributed by atoms with Crippen molar-refractivity contribution in [1.82, 2.24) is 4.98 Å². The number of carbonyl (C=O) groups is 1. The lowest BCUT2D eigenvalue weighted by Gasteiger charge is -2.18. The quantitative estimate of drug-likeness (QED) is 0.742. The Bertz CT molecular complexity index is 468. The van der Waals surface area contributed by atoms with Crippen LogP contribution in [0.1, 0.15) is 19.5 Å². The van der Waals surface area contributed by atoms with Gasteiger partial charge in [-0.15, -0.1) is 0 Å². The predicted molar refractivity (Wildman–Crippen MR) is 64.8 cm³/mol. The second kappa shape index (κ2) is 6.01. The van der Waals surface area contributed by atoms with Crippen LogP contribution in [0.4, 0.5) is 0 Å². The molecule has 0 spiro atoms. The molecule has 1 aromatic rings. The molecule has 0 fully saturated rings. The Morgan fingerprint density at radius 2 is 2.28 bits per heavy atom. The molecule has 0 aliphatic rings. The van der Waals surface area contributed by atoms with Gasteiger partial charge in [0, 0.05) is 18.2 Å². The van der Waals surface area contributed by atoms with Gasteiger partial charge in [-0.2, -0.15) is 5.26 Å². The van der Waals surface area contributed by atoms with E-state index in [0.29, 0.717) is 11.6 Å². The third kappa shape index (κ3) is 3.20. The smallest absolute Gasteiger partial charge is 0.326 e. The molecule has 0 aromatic carbocycles. The van der Waals surface area contributed by atoms with E-state index in [9.17, 15) is 4.79 Å². The van der Waals surface area contributed by atoms with Crippen LogP contribution in [0.25, 0.3) is 0 Å². The molecule has 0 bridgehead atoms. The molecule has 1 rings (SSSR count). The predicted octanol–water partition coefficient (Wildman–Crippen LogP) is 1.73. The maximum absolute atomic E-state index is 11.8. The van der Waals surface area contributed by atoms with E-state index in [-0.39, 0.29) is 13.0 Å². The van der Waals surface area contributed by atoms with Crippen LogP contribution in [-0.4, -0.2) is 24.7 Å². The summed E-state index contributed by atoms with van der Waals surface area (Å²) in [6.45, 7) is 3.51. The van der Waals surface area contributed by atoms with Crippen molar-refractivity contribution < 1.29 is 14.3 Å². The highest BCUT2D eigenvalue weighted by Gasteiger charge is 2.35. The van der Waals surface area contributed by atoms with Gasteiger partial charge in [-0.05, 0) is 19.9 Å². The summed E-state index contributed by atoms with van der Waals surface area (Å²) in [5, 5.41) is 9.16. The first-order valence-electron chi connectivity index (χ1n) is 5.64. The molecule has 0 saturated heterocycles. The molecule has 1 atom stereocenters. The van der Waals surface area contributed by atoms with Crippen molar-refractivity contribution in [3.05, 3.63) is 23.9 Å². The van der Waals surface area contributed by atoms with Crippen LogP contribution in [0, 0.1) is 16.7 Å². The molecule has 1 aromatic heterocycles. The number of aromatic nitrogens is 1. The number of nitrogens with zero attached hydrogens (tertiary/aromatic N) is 2. The van der Waals surface area contributed by atoms with E-state index in [0.717, 1.165) is 0 Å². The average molecular weight is 248 g/mol. The molecule has 0 aliphatic carbocycles. The minimum absolute atomic E-state index is 0.194. The van der Waals surface area contributed by atoms with Gasteiger partial charge < -0.3 is 9.47 Å². The van der Waals surface area contributed by atoms with Crippen LogP contribution in [-0.2, 0) is 16.0 Å². The maximum Gasteiger partial charge on any atom is 0.326 e. The molecular formula is C13H16N2O3. The minimum Gasteiger partial charge on any atom is -0.481 e. The van der Waals surface area contributed by atoms with Crippen molar-refractivity contribution in [3.8, 4) is 11.9 Å². The average Bonchev–Trinajstić information content (AvgIpc) is 2.39.